The highest BCUT2D eigenvalue weighted by Gasteiger charge is 2.29. The van der Waals surface area contributed by atoms with Gasteiger partial charge in [-0.3, -0.25) is 4.90 Å². The Bertz CT molecular complexity index is 422. The standard InChI is InChI=1S/C15H27N5/c1-12(2)20-15(17-11-18-20)10-19-8-4-5-13(9-19)14-6-3-7-16-14/h11-14,16H,3-10H2,1-2H3. The minimum Gasteiger partial charge on any atom is -0.314 e. The third-order valence-electron chi connectivity index (χ3n) is 4.71. The van der Waals surface area contributed by atoms with Crippen molar-refractivity contribution < 1.29 is 0 Å². The topological polar surface area (TPSA) is 46.0 Å². The smallest absolute Gasteiger partial charge is 0.141 e. The quantitative estimate of drug-likeness (QED) is 0.912. The Balaban J connectivity index is 1.60. The van der Waals surface area contributed by atoms with Crippen LogP contribution >= 0.6 is 0 Å². The molecule has 1 N–H and O–H groups in total. The number of nitrogens with zero attached hydrogens (tertiary/aromatic N) is 4. The van der Waals surface area contributed by atoms with E-state index in [2.05, 4.69) is 38.8 Å². The lowest BCUT2D eigenvalue weighted by Gasteiger charge is -2.35. The van der Waals surface area contributed by atoms with Gasteiger partial charge in [-0.05, 0) is 58.5 Å². The maximum absolute atomic E-state index is 4.45. The molecule has 3 rings (SSSR count). The van der Waals surface area contributed by atoms with Crippen molar-refractivity contribution in [3.8, 4) is 0 Å². The van der Waals surface area contributed by atoms with E-state index in [9.17, 15) is 0 Å². The molecule has 0 spiro atoms. The molecule has 0 radical (unpaired) electrons. The molecule has 0 saturated carbocycles. The van der Waals surface area contributed by atoms with Crippen molar-refractivity contribution in [2.75, 3.05) is 19.6 Å². The average Bonchev–Trinajstić information content (AvgIpc) is 3.10. The Kier molecular flexibility index (Phi) is 4.36. The monoisotopic (exact) mass is 277 g/mol. The zero-order valence-corrected chi connectivity index (χ0v) is 12.8. The second-order valence-corrected chi connectivity index (χ2v) is 6.55. The molecule has 0 aliphatic carbocycles. The minimum atomic E-state index is 0.393. The number of aromatic nitrogens is 3. The molecule has 2 fully saturated rings. The number of piperidine rings is 1. The van der Waals surface area contributed by atoms with E-state index in [-0.39, 0.29) is 0 Å². The van der Waals surface area contributed by atoms with Gasteiger partial charge in [0.15, 0.2) is 0 Å². The van der Waals surface area contributed by atoms with Gasteiger partial charge in [-0.15, -0.1) is 0 Å². The van der Waals surface area contributed by atoms with E-state index in [1.165, 1.54) is 45.3 Å². The second kappa shape index (κ2) is 6.22. The fraction of sp³-hybridized carbons (Fsp3) is 0.867. The Hall–Kier alpha value is -0.940. The van der Waals surface area contributed by atoms with Gasteiger partial charge < -0.3 is 5.32 Å². The van der Waals surface area contributed by atoms with Gasteiger partial charge in [-0.1, -0.05) is 0 Å². The molecule has 2 unspecified atom stereocenters. The van der Waals surface area contributed by atoms with E-state index in [1.54, 1.807) is 6.33 Å². The lowest BCUT2D eigenvalue weighted by Crippen LogP contribution is -2.43. The van der Waals surface area contributed by atoms with E-state index >= 15 is 0 Å². The number of nitrogens with one attached hydrogen (secondary N) is 1. The summed E-state index contributed by atoms with van der Waals surface area (Å²) in [6, 6.07) is 1.14. The van der Waals surface area contributed by atoms with Crippen molar-refractivity contribution in [2.24, 2.45) is 5.92 Å². The molecule has 2 saturated heterocycles. The zero-order chi connectivity index (χ0) is 13.9. The molecule has 0 aromatic carbocycles. The summed E-state index contributed by atoms with van der Waals surface area (Å²) in [4.78, 5) is 7.02. The Labute approximate surface area is 121 Å². The lowest BCUT2D eigenvalue weighted by atomic mass is 9.90. The molecule has 2 aliphatic rings. The first-order valence-corrected chi connectivity index (χ1v) is 8.08. The summed E-state index contributed by atoms with van der Waals surface area (Å²) in [5, 5.41) is 8.02. The molecule has 2 atom stereocenters. The molecule has 1 aromatic rings. The predicted molar refractivity (Wildman–Crippen MR) is 79.4 cm³/mol. The molecule has 112 valence electrons. The van der Waals surface area contributed by atoms with Gasteiger partial charge in [0.05, 0.1) is 6.54 Å². The van der Waals surface area contributed by atoms with Crippen LogP contribution in [0.1, 0.15) is 51.4 Å². The highest BCUT2D eigenvalue weighted by molar-refractivity contribution is 4.91. The maximum Gasteiger partial charge on any atom is 0.141 e. The number of rotatable bonds is 4. The first kappa shape index (κ1) is 14.0. The molecule has 20 heavy (non-hydrogen) atoms. The highest BCUT2D eigenvalue weighted by Crippen LogP contribution is 2.25. The normalized spacial score (nSPS) is 28.4. The highest BCUT2D eigenvalue weighted by atomic mass is 15.4. The Morgan fingerprint density at radius 3 is 3.00 bits per heavy atom. The molecule has 3 heterocycles. The van der Waals surface area contributed by atoms with E-state index in [4.69, 9.17) is 0 Å². The number of hydrogen-bond donors (Lipinski definition) is 1. The van der Waals surface area contributed by atoms with E-state index in [0.29, 0.717) is 6.04 Å². The van der Waals surface area contributed by atoms with Gasteiger partial charge in [0.1, 0.15) is 12.2 Å². The van der Waals surface area contributed by atoms with E-state index in [0.717, 1.165) is 24.3 Å². The fourth-order valence-electron chi connectivity index (χ4n) is 3.70. The third kappa shape index (κ3) is 3.04. The van der Waals surface area contributed by atoms with Crippen molar-refractivity contribution >= 4 is 0 Å². The summed E-state index contributed by atoms with van der Waals surface area (Å²) in [5.41, 5.74) is 0. The van der Waals surface area contributed by atoms with Crippen molar-refractivity contribution in [1.29, 1.82) is 0 Å². The van der Waals surface area contributed by atoms with Crippen molar-refractivity contribution in [1.82, 2.24) is 25.0 Å². The summed E-state index contributed by atoms with van der Waals surface area (Å²) in [6.07, 6.45) is 7.10. The Morgan fingerprint density at radius 2 is 2.25 bits per heavy atom. The van der Waals surface area contributed by atoms with Crippen LogP contribution in [0, 0.1) is 5.92 Å². The molecule has 0 amide bonds. The van der Waals surface area contributed by atoms with Gasteiger partial charge >= 0.3 is 0 Å². The van der Waals surface area contributed by atoms with Crippen LogP contribution in [0.5, 0.6) is 0 Å². The summed E-state index contributed by atoms with van der Waals surface area (Å²) in [5.74, 6) is 1.93. The van der Waals surface area contributed by atoms with Crippen LogP contribution in [0.25, 0.3) is 0 Å². The SMILES string of the molecule is CC(C)n1ncnc1CN1CCCC(C2CCCN2)C1. The van der Waals surface area contributed by atoms with Gasteiger partial charge in [0.25, 0.3) is 0 Å². The number of likely N-dealkylation sites (tertiary alicyclic amines) is 1. The zero-order valence-electron chi connectivity index (χ0n) is 12.8. The number of hydrogen-bond acceptors (Lipinski definition) is 4. The largest absolute Gasteiger partial charge is 0.314 e. The maximum atomic E-state index is 4.45. The van der Waals surface area contributed by atoms with Gasteiger partial charge in [0, 0.05) is 18.6 Å². The van der Waals surface area contributed by atoms with Crippen molar-refractivity contribution in [2.45, 2.75) is 58.2 Å². The second-order valence-electron chi connectivity index (χ2n) is 6.55. The molecule has 1 aromatic heterocycles. The molecule has 5 nitrogen and oxygen atoms in total. The van der Waals surface area contributed by atoms with Gasteiger partial charge in [-0.2, -0.15) is 5.10 Å². The summed E-state index contributed by atoms with van der Waals surface area (Å²) >= 11 is 0. The van der Waals surface area contributed by atoms with E-state index in [1.807, 2.05) is 0 Å². The molecule has 2 aliphatic heterocycles. The fourth-order valence-corrected chi connectivity index (χ4v) is 3.70. The van der Waals surface area contributed by atoms with Crippen LogP contribution < -0.4 is 5.32 Å². The van der Waals surface area contributed by atoms with Crippen LogP contribution in [0.3, 0.4) is 0 Å². The van der Waals surface area contributed by atoms with Crippen LogP contribution in [0.4, 0.5) is 0 Å². The van der Waals surface area contributed by atoms with Gasteiger partial charge in [-0.25, -0.2) is 9.67 Å². The first-order valence-electron chi connectivity index (χ1n) is 8.08. The Morgan fingerprint density at radius 1 is 1.35 bits per heavy atom. The van der Waals surface area contributed by atoms with Crippen molar-refractivity contribution in [3.05, 3.63) is 12.2 Å². The molecular formula is C15H27N5. The lowest BCUT2D eigenvalue weighted by molar-refractivity contribution is 0.140. The first-order chi connectivity index (χ1) is 9.74. The predicted octanol–water partition coefficient (Wildman–Crippen LogP) is 1.82. The molecular weight excluding hydrogens is 250 g/mol. The van der Waals surface area contributed by atoms with Crippen molar-refractivity contribution in [3.63, 3.8) is 0 Å². The molecule has 5 heteroatoms. The molecule has 0 bridgehead atoms. The van der Waals surface area contributed by atoms with Crippen LogP contribution in [-0.4, -0.2) is 45.3 Å². The van der Waals surface area contributed by atoms with Gasteiger partial charge in [0.2, 0.25) is 0 Å². The van der Waals surface area contributed by atoms with Crippen LogP contribution in [0.2, 0.25) is 0 Å². The summed E-state index contributed by atoms with van der Waals surface area (Å²) < 4.78 is 2.05. The van der Waals surface area contributed by atoms with E-state index < -0.39 is 0 Å². The summed E-state index contributed by atoms with van der Waals surface area (Å²) in [7, 11) is 0. The average molecular weight is 277 g/mol. The third-order valence-corrected chi connectivity index (χ3v) is 4.71. The summed E-state index contributed by atoms with van der Waals surface area (Å²) in [6.45, 7) is 8.90. The van der Waals surface area contributed by atoms with Crippen LogP contribution in [-0.2, 0) is 6.54 Å². The van der Waals surface area contributed by atoms with Crippen LogP contribution in [0.15, 0.2) is 6.33 Å². The minimum absolute atomic E-state index is 0.393.